The molecule has 2 atom stereocenters. The monoisotopic (exact) mass is 333 g/mol. The lowest BCUT2D eigenvalue weighted by Crippen LogP contribution is -2.45. The third-order valence-electron chi connectivity index (χ3n) is 4.22. The number of ether oxygens (including phenoxy) is 1. The van der Waals surface area contributed by atoms with Gasteiger partial charge in [-0.15, -0.1) is 0 Å². The number of hydrogen-bond donors (Lipinski definition) is 2. The van der Waals surface area contributed by atoms with Crippen LogP contribution < -0.4 is 10.3 Å². The molecule has 3 rings (SSSR count). The molecule has 0 bridgehead atoms. The fraction of sp³-hybridized carbons (Fsp3) is 0.412. The molecule has 2 aromatic rings. The van der Waals surface area contributed by atoms with E-state index >= 15 is 0 Å². The molecule has 0 amide bonds. The number of para-hydroxylation sites is 1. The summed E-state index contributed by atoms with van der Waals surface area (Å²) in [7, 11) is 0. The number of hydrogen-bond acceptors (Lipinski definition) is 5. The Morgan fingerprint density at radius 3 is 3.04 bits per heavy atom. The molecule has 1 aromatic carbocycles. The van der Waals surface area contributed by atoms with Gasteiger partial charge in [0, 0.05) is 37.9 Å². The molecule has 24 heavy (non-hydrogen) atoms. The van der Waals surface area contributed by atoms with Crippen molar-refractivity contribution in [3.05, 3.63) is 58.5 Å². The van der Waals surface area contributed by atoms with Gasteiger partial charge in [0.2, 0.25) is 0 Å². The van der Waals surface area contributed by atoms with Crippen LogP contribution in [0.5, 0.6) is 5.75 Å². The number of piperidine rings is 1. The molecular formula is C17H20FN3O3. The minimum atomic E-state index is -0.505. The minimum Gasteiger partial charge on any atom is -0.490 e. The number of H-pyrrole nitrogens is 1. The number of aliphatic hydroxyl groups is 1. The zero-order valence-corrected chi connectivity index (χ0v) is 13.2. The summed E-state index contributed by atoms with van der Waals surface area (Å²) in [5.74, 6) is -0.385. The van der Waals surface area contributed by atoms with Crippen LogP contribution in [0.2, 0.25) is 0 Å². The predicted molar refractivity (Wildman–Crippen MR) is 86.1 cm³/mol. The van der Waals surface area contributed by atoms with Gasteiger partial charge < -0.3 is 14.8 Å². The molecule has 0 spiro atoms. The third kappa shape index (κ3) is 3.98. The van der Waals surface area contributed by atoms with Crippen molar-refractivity contribution in [2.45, 2.75) is 19.1 Å². The molecule has 0 radical (unpaired) electrons. The van der Waals surface area contributed by atoms with E-state index in [2.05, 4.69) is 14.9 Å². The van der Waals surface area contributed by atoms with Crippen molar-refractivity contribution in [1.82, 2.24) is 14.9 Å². The fourth-order valence-electron chi connectivity index (χ4n) is 2.87. The average Bonchev–Trinajstić information content (AvgIpc) is 2.58. The second kappa shape index (κ2) is 7.55. The quantitative estimate of drug-likeness (QED) is 0.859. The lowest BCUT2D eigenvalue weighted by atomic mass is 9.95. The normalized spacial score (nSPS) is 21.6. The number of nitrogens with zero attached hydrogens (tertiary/aromatic N) is 2. The summed E-state index contributed by atoms with van der Waals surface area (Å²) in [4.78, 5) is 20.5. The first-order valence-corrected chi connectivity index (χ1v) is 7.94. The van der Waals surface area contributed by atoms with Crippen molar-refractivity contribution in [3.8, 4) is 5.75 Å². The lowest BCUT2D eigenvalue weighted by molar-refractivity contribution is 0.00182. The smallest absolute Gasteiger partial charge is 0.270 e. The number of likely N-dealkylation sites (tertiary alicyclic amines) is 1. The zero-order chi connectivity index (χ0) is 16.9. The first-order valence-electron chi connectivity index (χ1n) is 7.94. The molecule has 128 valence electrons. The Bertz CT molecular complexity index is 737. The fourth-order valence-corrected chi connectivity index (χ4v) is 2.87. The van der Waals surface area contributed by atoms with Crippen LogP contribution in [0.1, 0.15) is 12.1 Å². The minimum absolute atomic E-state index is 0.152. The Morgan fingerprint density at radius 2 is 2.25 bits per heavy atom. The highest BCUT2D eigenvalue weighted by Crippen LogP contribution is 2.21. The second-order valence-electron chi connectivity index (χ2n) is 5.96. The van der Waals surface area contributed by atoms with Crippen LogP contribution in [0, 0.1) is 11.7 Å². The molecule has 1 saturated heterocycles. The molecule has 2 N–H and O–H groups in total. The van der Waals surface area contributed by atoms with Gasteiger partial charge in [0.1, 0.15) is 5.69 Å². The van der Waals surface area contributed by atoms with E-state index in [-0.39, 0.29) is 23.8 Å². The topological polar surface area (TPSA) is 78.5 Å². The molecule has 1 aliphatic rings. The first kappa shape index (κ1) is 16.6. The predicted octanol–water partition coefficient (Wildman–Crippen LogP) is 1.17. The molecule has 7 heteroatoms. The van der Waals surface area contributed by atoms with Crippen molar-refractivity contribution in [2.24, 2.45) is 5.92 Å². The number of aromatic amines is 1. The highest BCUT2D eigenvalue weighted by Gasteiger charge is 2.29. The number of nitrogens with one attached hydrogen (secondary N) is 1. The van der Waals surface area contributed by atoms with Crippen LogP contribution in [0.3, 0.4) is 0 Å². The van der Waals surface area contributed by atoms with Gasteiger partial charge in [-0.05, 0) is 18.6 Å². The van der Waals surface area contributed by atoms with Crippen LogP contribution in [-0.2, 0) is 6.54 Å². The van der Waals surface area contributed by atoms with Gasteiger partial charge in [-0.25, -0.2) is 4.39 Å². The maximum absolute atomic E-state index is 13.6. The zero-order valence-electron chi connectivity index (χ0n) is 13.2. The Kier molecular flexibility index (Phi) is 5.22. The lowest BCUT2D eigenvalue weighted by Gasteiger charge is -2.35. The van der Waals surface area contributed by atoms with E-state index in [9.17, 15) is 14.3 Å². The van der Waals surface area contributed by atoms with E-state index in [1.54, 1.807) is 24.4 Å². The Labute approximate surface area is 138 Å². The number of halogens is 1. The molecule has 0 unspecified atom stereocenters. The highest BCUT2D eigenvalue weighted by atomic mass is 19.1. The molecule has 1 aliphatic heterocycles. The van der Waals surface area contributed by atoms with E-state index in [0.29, 0.717) is 31.7 Å². The Balaban J connectivity index is 1.60. The van der Waals surface area contributed by atoms with E-state index in [0.717, 1.165) is 0 Å². The number of benzene rings is 1. The average molecular weight is 333 g/mol. The maximum atomic E-state index is 13.6. The Morgan fingerprint density at radius 1 is 1.42 bits per heavy atom. The number of rotatable bonds is 5. The van der Waals surface area contributed by atoms with Gasteiger partial charge in [-0.2, -0.15) is 0 Å². The van der Waals surface area contributed by atoms with Crippen LogP contribution in [0.4, 0.5) is 4.39 Å². The van der Waals surface area contributed by atoms with Gasteiger partial charge in [0.05, 0.1) is 12.7 Å². The number of aromatic nitrogens is 2. The van der Waals surface area contributed by atoms with Crippen LogP contribution in [0.25, 0.3) is 0 Å². The molecule has 2 heterocycles. The molecule has 1 fully saturated rings. The largest absolute Gasteiger partial charge is 0.490 e. The van der Waals surface area contributed by atoms with Gasteiger partial charge in [0.15, 0.2) is 11.6 Å². The molecule has 0 aliphatic carbocycles. The summed E-state index contributed by atoms with van der Waals surface area (Å²) in [6.07, 6.45) is 3.12. The first-order chi connectivity index (χ1) is 11.6. The summed E-state index contributed by atoms with van der Waals surface area (Å²) >= 11 is 0. The molecule has 6 nitrogen and oxygen atoms in total. The van der Waals surface area contributed by atoms with Crippen molar-refractivity contribution in [1.29, 1.82) is 0 Å². The molecule has 0 saturated carbocycles. The summed E-state index contributed by atoms with van der Waals surface area (Å²) < 4.78 is 19.1. The summed E-state index contributed by atoms with van der Waals surface area (Å²) in [5, 5.41) is 10.2. The van der Waals surface area contributed by atoms with Crippen LogP contribution in [0.15, 0.2) is 41.5 Å². The van der Waals surface area contributed by atoms with E-state index in [1.165, 1.54) is 12.3 Å². The SMILES string of the molecule is O=c1[nH]ccnc1CN1CC[C@H](O)[C@H](COc2ccccc2F)C1. The summed E-state index contributed by atoms with van der Waals surface area (Å²) in [6, 6.07) is 6.21. The van der Waals surface area contributed by atoms with Gasteiger partial charge in [-0.1, -0.05) is 12.1 Å². The molecular weight excluding hydrogens is 313 g/mol. The van der Waals surface area contributed by atoms with E-state index in [1.807, 2.05) is 0 Å². The maximum Gasteiger partial charge on any atom is 0.270 e. The van der Waals surface area contributed by atoms with Crippen LogP contribution >= 0.6 is 0 Å². The highest BCUT2D eigenvalue weighted by molar-refractivity contribution is 5.23. The second-order valence-corrected chi connectivity index (χ2v) is 5.96. The summed E-state index contributed by atoms with van der Waals surface area (Å²) in [5.41, 5.74) is 0.241. The van der Waals surface area contributed by atoms with Gasteiger partial charge in [-0.3, -0.25) is 14.7 Å². The Hall–Kier alpha value is -2.25. The van der Waals surface area contributed by atoms with E-state index < -0.39 is 11.9 Å². The van der Waals surface area contributed by atoms with Gasteiger partial charge >= 0.3 is 0 Å². The van der Waals surface area contributed by atoms with Crippen LogP contribution in [-0.4, -0.2) is 45.8 Å². The van der Waals surface area contributed by atoms with Gasteiger partial charge in [0.25, 0.3) is 5.56 Å². The van der Waals surface area contributed by atoms with E-state index in [4.69, 9.17) is 4.74 Å². The van der Waals surface area contributed by atoms with Crippen molar-refractivity contribution in [3.63, 3.8) is 0 Å². The van der Waals surface area contributed by atoms with Crippen molar-refractivity contribution in [2.75, 3.05) is 19.7 Å². The third-order valence-corrected chi connectivity index (χ3v) is 4.22. The number of aliphatic hydroxyl groups excluding tert-OH is 1. The van der Waals surface area contributed by atoms with Crippen molar-refractivity contribution >= 4 is 0 Å². The summed E-state index contributed by atoms with van der Waals surface area (Å²) in [6.45, 7) is 1.87. The van der Waals surface area contributed by atoms with Crippen molar-refractivity contribution < 1.29 is 14.2 Å². The molecule has 1 aromatic heterocycles. The standard InChI is InChI=1S/C17H20FN3O3/c18-13-3-1-2-4-16(13)24-11-12-9-21(8-5-15(12)22)10-14-17(23)20-7-6-19-14/h1-4,6-7,12,15,22H,5,8-11H2,(H,20,23)/t12-,15-/m0/s1.